The first-order chi connectivity index (χ1) is 12.1. The van der Waals surface area contributed by atoms with Gasteiger partial charge in [0.15, 0.2) is 24.0 Å². The summed E-state index contributed by atoms with van der Waals surface area (Å²) in [5.74, 6) is -0.156. The number of carbonyl (C=O) groups excluding carboxylic acids is 1. The number of nitrogens with one attached hydrogen (secondary N) is 1. The zero-order valence-electron chi connectivity index (χ0n) is 13.0. The highest BCUT2D eigenvalue weighted by Crippen LogP contribution is 2.21. The highest BCUT2D eigenvalue weighted by atomic mass is 79.9. The van der Waals surface area contributed by atoms with Crippen molar-refractivity contribution in [2.75, 3.05) is 6.61 Å². The van der Waals surface area contributed by atoms with Crippen LogP contribution in [0.4, 0.5) is 4.39 Å². The molecule has 8 heteroatoms. The Hall–Kier alpha value is -2.74. The molecule has 3 aromatic rings. The molecule has 0 aliphatic carbocycles. The summed E-state index contributed by atoms with van der Waals surface area (Å²) in [6.45, 7) is 0.0365. The maximum atomic E-state index is 13.6. The van der Waals surface area contributed by atoms with E-state index in [2.05, 4.69) is 31.3 Å². The van der Waals surface area contributed by atoms with E-state index in [1.165, 1.54) is 12.1 Å². The lowest BCUT2D eigenvalue weighted by molar-refractivity contribution is -0.123. The number of nitrogens with zero attached hydrogens (tertiary/aromatic N) is 3. The minimum Gasteiger partial charge on any atom is -0.481 e. The molecule has 128 valence electrons. The molecule has 0 saturated heterocycles. The van der Waals surface area contributed by atoms with E-state index in [1.807, 2.05) is 18.2 Å². The van der Waals surface area contributed by atoms with Gasteiger partial charge in [0.1, 0.15) is 0 Å². The van der Waals surface area contributed by atoms with Gasteiger partial charge >= 0.3 is 0 Å². The third-order valence-electron chi connectivity index (χ3n) is 3.29. The van der Waals surface area contributed by atoms with Crippen LogP contribution < -0.4 is 10.1 Å². The van der Waals surface area contributed by atoms with Gasteiger partial charge in [-0.05, 0) is 35.9 Å². The molecule has 0 bridgehead atoms. The summed E-state index contributed by atoms with van der Waals surface area (Å²) in [5, 5.41) is 6.79. The van der Waals surface area contributed by atoms with Crippen LogP contribution >= 0.6 is 15.9 Å². The Morgan fingerprint density at radius 1 is 1.32 bits per heavy atom. The molecule has 3 rings (SSSR count). The number of halogens is 2. The fourth-order valence-corrected chi connectivity index (χ4v) is 2.38. The molecule has 25 heavy (non-hydrogen) atoms. The molecule has 0 fully saturated rings. The second-order valence-corrected chi connectivity index (χ2v) is 6.03. The van der Waals surface area contributed by atoms with Crippen LogP contribution in [0.2, 0.25) is 0 Å². The largest absolute Gasteiger partial charge is 0.481 e. The van der Waals surface area contributed by atoms with E-state index in [0.29, 0.717) is 16.8 Å². The summed E-state index contributed by atoms with van der Waals surface area (Å²) in [6, 6.07) is 9.85. The van der Waals surface area contributed by atoms with Crippen molar-refractivity contribution in [3.8, 4) is 11.6 Å². The van der Waals surface area contributed by atoms with E-state index in [9.17, 15) is 9.18 Å². The minimum atomic E-state index is -0.527. The fraction of sp³-hybridized carbons (Fsp3) is 0.118. The molecule has 6 nitrogen and oxygen atoms in total. The van der Waals surface area contributed by atoms with Crippen molar-refractivity contribution in [3.63, 3.8) is 0 Å². The highest BCUT2D eigenvalue weighted by molar-refractivity contribution is 9.10. The first kappa shape index (κ1) is 17.1. The minimum absolute atomic E-state index is 0.0311. The van der Waals surface area contributed by atoms with Crippen LogP contribution in [0.5, 0.6) is 5.75 Å². The molecular weight excluding hydrogens is 391 g/mol. The Kier molecular flexibility index (Phi) is 5.39. The number of benzene rings is 1. The average Bonchev–Trinajstić information content (AvgIpc) is 3.14. The number of pyridine rings is 1. The molecule has 0 atom stereocenters. The van der Waals surface area contributed by atoms with E-state index in [1.54, 1.807) is 29.3 Å². The van der Waals surface area contributed by atoms with Crippen LogP contribution in [0.15, 0.2) is 59.5 Å². The Labute approximate surface area is 151 Å². The smallest absolute Gasteiger partial charge is 0.258 e. The molecule has 0 saturated carbocycles. The Morgan fingerprint density at radius 2 is 2.20 bits per heavy atom. The van der Waals surface area contributed by atoms with Gasteiger partial charge in [-0.25, -0.2) is 14.1 Å². The average molecular weight is 405 g/mol. The van der Waals surface area contributed by atoms with Gasteiger partial charge in [-0.15, -0.1) is 0 Å². The van der Waals surface area contributed by atoms with Crippen molar-refractivity contribution in [2.24, 2.45) is 0 Å². The predicted octanol–water partition coefficient (Wildman–Crippen LogP) is 2.86. The molecule has 1 N–H and O–H groups in total. The van der Waals surface area contributed by atoms with Crippen molar-refractivity contribution in [1.29, 1.82) is 0 Å². The van der Waals surface area contributed by atoms with Gasteiger partial charge in [-0.1, -0.05) is 22.0 Å². The number of hydrogen-bond donors (Lipinski definition) is 1. The lowest BCUT2D eigenvalue weighted by Gasteiger charge is -2.09. The number of ether oxygens (including phenoxy) is 1. The quantitative estimate of drug-likeness (QED) is 0.685. The number of rotatable bonds is 6. The zero-order valence-corrected chi connectivity index (χ0v) is 14.6. The molecule has 2 aromatic heterocycles. The second kappa shape index (κ2) is 7.89. The van der Waals surface area contributed by atoms with Crippen molar-refractivity contribution < 1.29 is 13.9 Å². The van der Waals surface area contributed by atoms with E-state index in [4.69, 9.17) is 4.74 Å². The standard InChI is InChI=1S/C17H14BrFN4O2/c18-13-3-4-15(14(19)8-13)25-11-17(24)21-10-12-2-5-16(20-9-12)23-7-1-6-22-23/h1-9H,10-11H2,(H,21,24). The van der Waals surface area contributed by atoms with Crippen molar-refractivity contribution in [2.45, 2.75) is 6.54 Å². The van der Waals surface area contributed by atoms with Crippen molar-refractivity contribution in [1.82, 2.24) is 20.1 Å². The Morgan fingerprint density at radius 3 is 2.88 bits per heavy atom. The first-order valence-electron chi connectivity index (χ1n) is 7.41. The molecular formula is C17H14BrFN4O2. The summed E-state index contributed by atoms with van der Waals surface area (Å²) in [7, 11) is 0. The van der Waals surface area contributed by atoms with E-state index < -0.39 is 5.82 Å². The van der Waals surface area contributed by atoms with Gasteiger partial charge in [-0.2, -0.15) is 5.10 Å². The van der Waals surface area contributed by atoms with Gasteiger partial charge in [0.05, 0.1) is 0 Å². The highest BCUT2D eigenvalue weighted by Gasteiger charge is 2.08. The van der Waals surface area contributed by atoms with Crippen LogP contribution in [-0.4, -0.2) is 27.3 Å². The molecule has 0 radical (unpaired) electrons. The van der Waals surface area contributed by atoms with E-state index in [0.717, 1.165) is 5.56 Å². The molecule has 0 aliphatic heterocycles. The fourth-order valence-electron chi connectivity index (χ4n) is 2.05. The molecule has 0 aliphatic rings. The van der Waals surface area contributed by atoms with E-state index in [-0.39, 0.29) is 18.3 Å². The maximum Gasteiger partial charge on any atom is 0.258 e. The Bertz CT molecular complexity index is 854. The van der Waals surface area contributed by atoms with Gasteiger partial charge in [0, 0.05) is 29.6 Å². The molecule has 2 heterocycles. The third kappa shape index (κ3) is 4.63. The summed E-state index contributed by atoms with van der Waals surface area (Å²) in [5.41, 5.74) is 0.832. The molecule has 0 unspecified atom stereocenters. The molecule has 1 amide bonds. The van der Waals surface area contributed by atoms with Crippen LogP contribution in [0, 0.1) is 5.82 Å². The summed E-state index contributed by atoms with van der Waals surface area (Å²) in [4.78, 5) is 16.1. The number of aromatic nitrogens is 3. The van der Waals surface area contributed by atoms with Crippen LogP contribution in [-0.2, 0) is 11.3 Å². The first-order valence-corrected chi connectivity index (χ1v) is 8.20. The summed E-state index contributed by atoms with van der Waals surface area (Å²) in [6.07, 6.45) is 5.12. The number of hydrogen-bond acceptors (Lipinski definition) is 4. The number of carbonyl (C=O) groups is 1. The predicted molar refractivity (Wildman–Crippen MR) is 92.8 cm³/mol. The van der Waals surface area contributed by atoms with Crippen molar-refractivity contribution in [3.05, 3.63) is 70.8 Å². The second-order valence-electron chi connectivity index (χ2n) is 5.12. The SMILES string of the molecule is O=C(COc1ccc(Br)cc1F)NCc1ccc(-n2cccn2)nc1. The van der Waals surface area contributed by atoms with Crippen LogP contribution in [0.25, 0.3) is 5.82 Å². The lowest BCUT2D eigenvalue weighted by atomic mass is 10.3. The monoisotopic (exact) mass is 404 g/mol. The van der Waals surface area contributed by atoms with Crippen LogP contribution in [0.1, 0.15) is 5.56 Å². The Balaban J connectivity index is 1.49. The van der Waals surface area contributed by atoms with Crippen LogP contribution in [0.3, 0.4) is 0 Å². The summed E-state index contributed by atoms with van der Waals surface area (Å²) < 4.78 is 21.0. The van der Waals surface area contributed by atoms with Gasteiger partial charge in [0.25, 0.3) is 5.91 Å². The maximum absolute atomic E-state index is 13.6. The molecule has 0 spiro atoms. The molecule has 1 aromatic carbocycles. The van der Waals surface area contributed by atoms with Gasteiger partial charge in [-0.3, -0.25) is 4.79 Å². The normalized spacial score (nSPS) is 10.5. The van der Waals surface area contributed by atoms with E-state index >= 15 is 0 Å². The van der Waals surface area contributed by atoms with Gasteiger partial charge in [0.2, 0.25) is 0 Å². The number of amides is 1. The van der Waals surface area contributed by atoms with Gasteiger partial charge < -0.3 is 10.1 Å². The topological polar surface area (TPSA) is 69.0 Å². The zero-order chi connectivity index (χ0) is 17.6. The lowest BCUT2D eigenvalue weighted by Crippen LogP contribution is -2.28. The van der Waals surface area contributed by atoms with Crippen molar-refractivity contribution >= 4 is 21.8 Å². The summed E-state index contributed by atoms with van der Waals surface area (Å²) >= 11 is 3.16. The third-order valence-corrected chi connectivity index (χ3v) is 3.78.